The molecule has 4 rings (SSSR count). The second-order valence-electron chi connectivity index (χ2n) is 7.22. The largest absolute Gasteiger partial charge is 0.322 e. The Morgan fingerprint density at radius 2 is 1.66 bits per heavy atom. The Bertz CT molecular complexity index is 1350. The van der Waals surface area contributed by atoms with Crippen molar-refractivity contribution in [1.82, 2.24) is 9.78 Å². The summed E-state index contributed by atoms with van der Waals surface area (Å²) in [5, 5.41) is 7.02. The summed E-state index contributed by atoms with van der Waals surface area (Å²) in [6, 6.07) is 24.0. The first kappa shape index (κ1) is 21.3. The highest BCUT2D eigenvalue weighted by molar-refractivity contribution is 7.92. The van der Waals surface area contributed by atoms with Crippen molar-refractivity contribution in [3.05, 3.63) is 102 Å². The summed E-state index contributed by atoms with van der Waals surface area (Å²) in [7, 11) is -2.28. The van der Waals surface area contributed by atoms with Gasteiger partial charge in [-0.2, -0.15) is 5.10 Å². The zero-order chi connectivity index (χ0) is 22.7. The molecule has 162 valence electrons. The van der Waals surface area contributed by atoms with Gasteiger partial charge in [0.15, 0.2) is 0 Å². The molecule has 1 heterocycles. The third kappa shape index (κ3) is 4.26. The molecule has 3 aromatic carbocycles. The van der Waals surface area contributed by atoms with E-state index in [1.807, 2.05) is 31.2 Å². The lowest BCUT2D eigenvalue weighted by Crippen LogP contribution is -2.26. The van der Waals surface area contributed by atoms with Crippen molar-refractivity contribution >= 4 is 27.3 Å². The van der Waals surface area contributed by atoms with Crippen LogP contribution in [0.2, 0.25) is 0 Å². The molecule has 0 unspecified atom stereocenters. The van der Waals surface area contributed by atoms with E-state index in [1.54, 1.807) is 59.4 Å². The van der Waals surface area contributed by atoms with E-state index in [9.17, 15) is 13.2 Å². The number of rotatable bonds is 6. The number of hydrogen-bond donors (Lipinski definition) is 1. The smallest absolute Gasteiger partial charge is 0.264 e. The van der Waals surface area contributed by atoms with E-state index in [0.717, 1.165) is 11.4 Å². The van der Waals surface area contributed by atoms with Crippen LogP contribution in [0.3, 0.4) is 0 Å². The van der Waals surface area contributed by atoms with E-state index in [2.05, 4.69) is 10.4 Å². The molecule has 0 bridgehead atoms. The van der Waals surface area contributed by atoms with Crippen LogP contribution in [0.5, 0.6) is 0 Å². The molecular weight excluding hydrogens is 424 g/mol. The average Bonchev–Trinajstić information content (AvgIpc) is 3.25. The summed E-state index contributed by atoms with van der Waals surface area (Å²) in [5.41, 5.74) is 3.23. The van der Waals surface area contributed by atoms with Gasteiger partial charge in [-0.25, -0.2) is 13.1 Å². The van der Waals surface area contributed by atoms with Gasteiger partial charge in [-0.3, -0.25) is 9.10 Å². The second kappa shape index (κ2) is 8.68. The van der Waals surface area contributed by atoms with Gasteiger partial charge in [0.2, 0.25) is 0 Å². The lowest BCUT2D eigenvalue weighted by Gasteiger charge is -2.20. The third-order valence-electron chi connectivity index (χ3n) is 5.08. The van der Waals surface area contributed by atoms with E-state index in [0.29, 0.717) is 16.9 Å². The first-order valence-corrected chi connectivity index (χ1v) is 11.4. The van der Waals surface area contributed by atoms with E-state index < -0.39 is 10.0 Å². The van der Waals surface area contributed by atoms with Gasteiger partial charge in [0, 0.05) is 30.2 Å². The van der Waals surface area contributed by atoms with Gasteiger partial charge in [-0.15, -0.1) is 0 Å². The fourth-order valence-electron chi connectivity index (χ4n) is 3.27. The van der Waals surface area contributed by atoms with Crippen LogP contribution >= 0.6 is 0 Å². The molecule has 1 amide bonds. The molecule has 7 nitrogen and oxygen atoms in total. The predicted octanol–water partition coefficient (Wildman–Crippen LogP) is 4.26. The summed E-state index contributed by atoms with van der Waals surface area (Å²) in [6.07, 6.45) is 1.71. The summed E-state index contributed by atoms with van der Waals surface area (Å²) < 4.78 is 29.0. The Morgan fingerprint density at radius 1 is 0.938 bits per heavy atom. The zero-order valence-corrected chi connectivity index (χ0v) is 18.5. The maximum absolute atomic E-state index is 13.0. The van der Waals surface area contributed by atoms with Gasteiger partial charge in [0.25, 0.3) is 15.9 Å². The molecule has 0 spiro atoms. The van der Waals surface area contributed by atoms with Crippen LogP contribution in [0, 0.1) is 6.92 Å². The fourth-order valence-corrected chi connectivity index (χ4v) is 4.51. The Balaban J connectivity index is 1.52. The van der Waals surface area contributed by atoms with Crippen LogP contribution in [-0.2, 0) is 10.0 Å². The van der Waals surface area contributed by atoms with Crippen LogP contribution in [0.15, 0.2) is 96.0 Å². The molecule has 0 aliphatic heterocycles. The highest BCUT2D eigenvalue weighted by Crippen LogP contribution is 2.24. The minimum Gasteiger partial charge on any atom is -0.322 e. The molecule has 1 aromatic heterocycles. The molecule has 0 atom stereocenters. The van der Waals surface area contributed by atoms with Gasteiger partial charge in [0.05, 0.1) is 16.3 Å². The monoisotopic (exact) mass is 446 g/mol. The maximum Gasteiger partial charge on any atom is 0.264 e. The lowest BCUT2D eigenvalue weighted by atomic mass is 10.2. The van der Waals surface area contributed by atoms with Gasteiger partial charge in [-0.05, 0) is 67.6 Å². The SMILES string of the molecule is Cc1ccnn1-c1ccc(C(=O)Nc2cccc(S(=O)(=O)N(C)c3ccccc3)c2)cc1. The molecule has 0 saturated heterocycles. The topological polar surface area (TPSA) is 84.3 Å². The molecule has 1 N–H and O–H groups in total. The number of sulfonamides is 1. The van der Waals surface area contributed by atoms with Crippen molar-refractivity contribution < 1.29 is 13.2 Å². The molecule has 8 heteroatoms. The van der Waals surface area contributed by atoms with Gasteiger partial charge in [-0.1, -0.05) is 24.3 Å². The molecule has 0 saturated carbocycles. The number of nitrogens with one attached hydrogen (secondary N) is 1. The normalized spacial score (nSPS) is 11.2. The number of amides is 1. The number of carbonyl (C=O) groups is 1. The first-order valence-electron chi connectivity index (χ1n) is 9.93. The summed E-state index contributed by atoms with van der Waals surface area (Å²) >= 11 is 0. The predicted molar refractivity (Wildman–Crippen MR) is 125 cm³/mol. The molecule has 0 aliphatic rings. The lowest BCUT2D eigenvalue weighted by molar-refractivity contribution is 0.102. The Morgan fingerprint density at radius 3 is 2.31 bits per heavy atom. The van der Waals surface area contributed by atoms with Gasteiger partial charge >= 0.3 is 0 Å². The van der Waals surface area contributed by atoms with E-state index in [1.165, 1.54) is 23.5 Å². The Labute approximate surface area is 187 Å². The van der Waals surface area contributed by atoms with Crippen LogP contribution in [0.4, 0.5) is 11.4 Å². The van der Waals surface area contributed by atoms with Gasteiger partial charge < -0.3 is 5.32 Å². The summed E-state index contributed by atoms with van der Waals surface area (Å²) in [6.45, 7) is 1.95. The average molecular weight is 447 g/mol. The molecule has 0 radical (unpaired) electrons. The number of benzene rings is 3. The fraction of sp³-hybridized carbons (Fsp3) is 0.0833. The van der Waals surface area contributed by atoms with Crippen molar-refractivity contribution in [3.63, 3.8) is 0 Å². The standard InChI is InChI=1S/C24H22N4O3S/c1-18-15-16-25-28(18)22-13-11-19(12-14-22)24(29)26-20-7-6-10-23(17-20)32(30,31)27(2)21-8-4-3-5-9-21/h3-17H,1-2H3,(H,26,29). The number of carbonyl (C=O) groups excluding carboxylic acids is 1. The Hall–Kier alpha value is -3.91. The highest BCUT2D eigenvalue weighted by Gasteiger charge is 2.21. The van der Waals surface area contributed by atoms with Crippen molar-refractivity contribution in [2.24, 2.45) is 0 Å². The van der Waals surface area contributed by atoms with Crippen LogP contribution in [0.25, 0.3) is 5.69 Å². The minimum atomic E-state index is -3.78. The molecular formula is C24H22N4O3S. The first-order chi connectivity index (χ1) is 15.4. The molecule has 0 fully saturated rings. The van der Waals surface area contributed by atoms with Crippen LogP contribution in [0.1, 0.15) is 16.1 Å². The van der Waals surface area contributed by atoms with Gasteiger partial charge in [0.1, 0.15) is 0 Å². The summed E-state index contributed by atoms with van der Waals surface area (Å²) in [4.78, 5) is 12.8. The highest BCUT2D eigenvalue weighted by atomic mass is 32.2. The third-order valence-corrected chi connectivity index (χ3v) is 6.86. The second-order valence-corrected chi connectivity index (χ2v) is 9.19. The minimum absolute atomic E-state index is 0.0890. The molecule has 0 aliphatic carbocycles. The van der Waals surface area contributed by atoms with Crippen LogP contribution in [-0.4, -0.2) is 31.2 Å². The zero-order valence-electron chi connectivity index (χ0n) is 17.6. The summed E-state index contributed by atoms with van der Waals surface area (Å²) in [5.74, 6) is -0.334. The number of hydrogen-bond acceptors (Lipinski definition) is 4. The quantitative estimate of drug-likeness (QED) is 0.480. The van der Waals surface area contributed by atoms with E-state index in [4.69, 9.17) is 0 Å². The number of aromatic nitrogens is 2. The number of aryl methyl sites for hydroxylation is 1. The van der Waals surface area contributed by atoms with Crippen molar-refractivity contribution in [2.75, 3.05) is 16.7 Å². The van der Waals surface area contributed by atoms with Crippen molar-refractivity contribution in [1.29, 1.82) is 0 Å². The number of anilines is 2. The molecule has 32 heavy (non-hydrogen) atoms. The number of nitrogens with zero attached hydrogens (tertiary/aromatic N) is 3. The maximum atomic E-state index is 13.0. The van der Waals surface area contributed by atoms with E-state index in [-0.39, 0.29) is 10.8 Å². The van der Waals surface area contributed by atoms with Crippen LogP contribution < -0.4 is 9.62 Å². The molecule has 4 aromatic rings. The number of para-hydroxylation sites is 1. The Kier molecular flexibility index (Phi) is 5.79. The van der Waals surface area contributed by atoms with E-state index >= 15 is 0 Å². The van der Waals surface area contributed by atoms with Crippen molar-refractivity contribution in [3.8, 4) is 5.69 Å². The van der Waals surface area contributed by atoms with Crippen molar-refractivity contribution in [2.45, 2.75) is 11.8 Å².